The van der Waals surface area contributed by atoms with Gasteiger partial charge in [-0.15, -0.1) is 0 Å². The maximum Gasteiger partial charge on any atom is 0.419 e. The van der Waals surface area contributed by atoms with Crippen LogP contribution in [0.15, 0.2) is 57.7 Å². The molecule has 0 unspecified atom stereocenters. The summed E-state index contributed by atoms with van der Waals surface area (Å²) in [6, 6.07) is 14.2. The lowest BCUT2D eigenvalue weighted by Gasteiger charge is -2.17. The van der Waals surface area contributed by atoms with Crippen LogP contribution < -0.4 is 11.1 Å². The highest BCUT2D eigenvalue weighted by Gasteiger charge is 2.13. The van der Waals surface area contributed by atoms with Gasteiger partial charge in [0.05, 0.1) is 5.52 Å². The molecule has 0 spiro atoms. The first-order chi connectivity index (χ1) is 13.0. The standard InChI is InChI=1S/C20H21N3O4/c1-21-19(25)15-9-7-14(8-10-15)13-22(2)18(24)11-12-23-16-5-3-4-6-17(16)27-20(23)26/h3-10H,11-13H2,1-2H3,(H,21,25). The van der Waals surface area contributed by atoms with Gasteiger partial charge in [-0.1, -0.05) is 24.3 Å². The molecule has 0 atom stereocenters. The Morgan fingerprint density at radius 2 is 1.81 bits per heavy atom. The van der Waals surface area contributed by atoms with Crippen molar-refractivity contribution < 1.29 is 14.0 Å². The van der Waals surface area contributed by atoms with E-state index in [9.17, 15) is 14.4 Å². The smallest absolute Gasteiger partial charge is 0.408 e. The van der Waals surface area contributed by atoms with Crippen molar-refractivity contribution in [2.24, 2.45) is 0 Å². The molecular weight excluding hydrogens is 346 g/mol. The number of nitrogens with zero attached hydrogens (tertiary/aromatic N) is 2. The van der Waals surface area contributed by atoms with Gasteiger partial charge in [-0.2, -0.15) is 0 Å². The normalized spacial score (nSPS) is 10.7. The molecule has 0 aliphatic heterocycles. The van der Waals surface area contributed by atoms with E-state index in [0.29, 0.717) is 23.2 Å². The van der Waals surface area contributed by atoms with Crippen molar-refractivity contribution in [3.8, 4) is 0 Å². The lowest BCUT2D eigenvalue weighted by Crippen LogP contribution is -2.28. The first-order valence-corrected chi connectivity index (χ1v) is 8.63. The zero-order valence-corrected chi connectivity index (χ0v) is 15.3. The van der Waals surface area contributed by atoms with Crippen LogP contribution in [0.2, 0.25) is 0 Å². The molecule has 7 heteroatoms. The van der Waals surface area contributed by atoms with Crippen LogP contribution in [-0.4, -0.2) is 35.4 Å². The van der Waals surface area contributed by atoms with E-state index < -0.39 is 5.76 Å². The second-order valence-corrected chi connectivity index (χ2v) is 6.26. The van der Waals surface area contributed by atoms with Crippen LogP contribution in [0.25, 0.3) is 11.1 Å². The number of benzene rings is 2. The van der Waals surface area contributed by atoms with Crippen molar-refractivity contribution in [1.82, 2.24) is 14.8 Å². The van der Waals surface area contributed by atoms with Gasteiger partial charge in [-0.25, -0.2) is 4.79 Å². The fourth-order valence-corrected chi connectivity index (χ4v) is 2.89. The van der Waals surface area contributed by atoms with Gasteiger partial charge in [0.25, 0.3) is 5.91 Å². The number of carbonyl (C=O) groups excluding carboxylic acids is 2. The van der Waals surface area contributed by atoms with Crippen molar-refractivity contribution >= 4 is 22.9 Å². The molecule has 1 heterocycles. The number of fused-ring (bicyclic) bond motifs is 1. The highest BCUT2D eigenvalue weighted by atomic mass is 16.4. The van der Waals surface area contributed by atoms with Crippen molar-refractivity contribution in [3.05, 3.63) is 70.2 Å². The van der Waals surface area contributed by atoms with Gasteiger partial charge in [0.2, 0.25) is 5.91 Å². The Morgan fingerprint density at radius 3 is 2.52 bits per heavy atom. The zero-order valence-electron chi connectivity index (χ0n) is 15.3. The van der Waals surface area contributed by atoms with E-state index in [-0.39, 0.29) is 24.8 Å². The van der Waals surface area contributed by atoms with E-state index in [1.54, 1.807) is 49.3 Å². The van der Waals surface area contributed by atoms with Crippen LogP contribution in [0.1, 0.15) is 22.3 Å². The third-order valence-electron chi connectivity index (χ3n) is 4.41. The van der Waals surface area contributed by atoms with Gasteiger partial charge in [0, 0.05) is 39.2 Å². The third kappa shape index (κ3) is 4.08. The van der Waals surface area contributed by atoms with Crippen LogP contribution in [0.3, 0.4) is 0 Å². The van der Waals surface area contributed by atoms with Crippen molar-refractivity contribution in [3.63, 3.8) is 0 Å². The predicted molar refractivity (Wildman–Crippen MR) is 101 cm³/mol. The van der Waals surface area contributed by atoms with Gasteiger partial charge in [-0.05, 0) is 29.8 Å². The number of hydrogen-bond donors (Lipinski definition) is 1. The fourth-order valence-electron chi connectivity index (χ4n) is 2.89. The molecule has 1 N–H and O–H groups in total. The second-order valence-electron chi connectivity index (χ2n) is 6.26. The van der Waals surface area contributed by atoms with Gasteiger partial charge in [0.1, 0.15) is 0 Å². The Kier molecular flexibility index (Phi) is 5.40. The van der Waals surface area contributed by atoms with Crippen molar-refractivity contribution in [1.29, 1.82) is 0 Å². The molecule has 27 heavy (non-hydrogen) atoms. The predicted octanol–water partition coefficient (Wildman–Crippen LogP) is 2.00. The maximum atomic E-state index is 12.4. The molecule has 0 fully saturated rings. The molecule has 2 aromatic carbocycles. The monoisotopic (exact) mass is 367 g/mol. The maximum absolute atomic E-state index is 12.4. The molecular formula is C20H21N3O4. The van der Waals surface area contributed by atoms with Gasteiger partial charge >= 0.3 is 5.76 Å². The van der Waals surface area contributed by atoms with E-state index in [2.05, 4.69) is 5.32 Å². The summed E-state index contributed by atoms with van der Waals surface area (Å²) in [5, 5.41) is 2.57. The molecule has 0 radical (unpaired) electrons. The molecule has 3 rings (SSSR count). The van der Waals surface area contributed by atoms with Crippen molar-refractivity contribution in [2.75, 3.05) is 14.1 Å². The summed E-state index contributed by atoms with van der Waals surface area (Å²) in [5.41, 5.74) is 2.69. The minimum Gasteiger partial charge on any atom is -0.408 e. The summed E-state index contributed by atoms with van der Waals surface area (Å²) >= 11 is 0. The number of oxazole rings is 1. The van der Waals surface area contributed by atoms with Gasteiger partial charge in [-0.3, -0.25) is 14.2 Å². The minimum absolute atomic E-state index is 0.0810. The summed E-state index contributed by atoms with van der Waals surface area (Å²) < 4.78 is 6.65. The first-order valence-electron chi connectivity index (χ1n) is 8.63. The molecule has 7 nitrogen and oxygen atoms in total. The van der Waals surface area contributed by atoms with E-state index in [4.69, 9.17) is 4.42 Å². The summed E-state index contributed by atoms with van der Waals surface area (Å²) in [6.45, 7) is 0.683. The van der Waals surface area contributed by atoms with E-state index in [1.807, 2.05) is 18.2 Å². The molecule has 0 bridgehead atoms. The summed E-state index contributed by atoms with van der Waals surface area (Å²) in [4.78, 5) is 37.6. The third-order valence-corrected chi connectivity index (χ3v) is 4.41. The zero-order chi connectivity index (χ0) is 19.4. The Bertz CT molecular complexity index is 1020. The van der Waals surface area contributed by atoms with Crippen LogP contribution in [0, 0.1) is 0 Å². The second kappa shape index (κ2) is 7.90. The number of aromatic nitrogens is 1. The highest BCUT2D eigenvalue weighted by molar-refractivity contribution is 5.93. The summed E-state index contributed by atoms with van der Waals surface area (Å²) in [6.07, 6.45) is 0.191. The molecule has 0 saturated heterocycles. The SMILES string of the molecule is CNC(=O)c1ccc(CN(C)C(=O)CCn2c(=O)oc3ccccc32)cc1. The van der Waals surface area contributed by atoms with Gasteiger partial charge < -0.3 is 14.6 Å². The average molecular weight is 367 g/mol. The lowest BCUT2D eigenvalue weighted by molar-refractivity contribution is -0.130. The summed E-state index contributed by atoms with van der Waals surface area (Å²) in [5.74, 6) is -0.692. The number of para-hydroxylation sites is 2. The van der Waals surface area contributed by atoms with Crippen LogP contribution in [-0.2, 0) is 17.9 Å². The Hall–Kier alpha value is -3.35. The lowest BCUT2D eigenvalue weighted by atomic mass is 10.1. The number of rotatable bonds is 6. The van der Waals surface area contributed by atoms with E-state index in [0.717, 1.165) is 5.56 Å². The molecule has 0 aliphatic carbocycles. The first kappa shape index (κ1) is 18.4. The van der Waals surface area contributed by atoms with Gasteiger partial charge in [0.15, 0.2) is 5.58 Å². The Labute approximate surface area is 156 Å². The Morgan fingerprint density at radius 1 is 1.11 bits per heavy atom. The minimum atomic E-state index is -0.462. The van der Waals surface area contributed by atoms with E-state index >= 15 is 0 Å². The topological polar surface area (TPSA) is 84.5 Å². The van der Waals surface area contributed by atoms with Crippen LogP contribution in [0.4, 0.5) is 0 Å². The van der Waals surface area contributed by atoms with Crippen LogP contribution in [0.5, 0.6) is 0 Å². The molecule has 0 aliphatic rings. The summed E-state index contributed by atoms with van der Waals surface area (Å²) in [7, 11) is 3.29. The highest BCUT2D eigenvalue weighted by Crippen LogP contribution is 2.13. The molecule has 3 aromatic rings. The fraction of sp³-hybridized carbons (Fsp3) is 0.250. The number of amides is 2. The van der Waals surface area contributed by atoms with Crippen molar-refractivity contribution in [2.45, 2.75) is 19.5 Å². The average Bonchev–Trinajstić information content (AvgIpc) is 3.01. The quantitative estimate of drug-likeness (QED) is 0.722. The molecule has 140 valence electrons. The molecule has 0 saturated carbocycles. The number of nitrogens with one attached hydrogen (secondary N) is 1. The number of aryl methyl sites for hydroxylation is 1. The molecule has 2 amide bonds. The Balaban J connectivity index is 1.61. The van der Waals surface area contributed by atoms with Crippen LogP contribution >= 0.6 is 0 Å². The molecule has 1 aromatic heterocycles. The number of carbonyl (C=O) groups is 2. The van der Waals surface area contributed by atoms with E-state index in [1.165, 1.54) is 4.57 Å². The number of hydrogen-bond acceptors (Lipinski definition) is 4. The largest absolute Gasteiger partial charge is 0.419 e.